The van der Waals surface area contributed by atoms with E-state index in [0.29, 0.717) is 5.92 Å². The van der Waals surface area contributed by atoms with Crippen LogP contribution < -0.4 is 11.1 Å². The molecule has 1 amide bonds. The predicted octanol–water partition coefficient (Wildman–Crippen LogP) is 4.34. The Kier molecular flexibility index (Phi) is 7.45. The summed E-state index contributed by atoms with van der Waals surface area (Å²) in [7, 11) is 0. The Bertz CT molecular complexity index is 622. The van der Waals surface area contributed by atoms with E-state index in [0.717, 1.165) is 24.8 Å². The molecule has 0 aromatic carbocycles. The molecule has 136 valence electrons. The van der Waals surface area contributed by atoms with Gasteiger partial charge in [-0.2, -0.15) is 0 Å². The Morgan fingerprint density at radius 1 is 1.28 bits per heavy atom. The first-order chi connectivity index (χ1) is 12.0. The van der Waals surface area contributed by atoms with Crippen molar-refractivity contribution in [3.63, 3.8) is 0 Å². The third-order valence-electron chi connectivity index (χ3n) is 4.91. The normalized spacial score (nSPS) is 24.6. The van der Waals surface area contributed by atoms with E-state index in [1.54, 1.807) is 0 Å². The number of carbonyl (C=O) groups is 1. The molecule has 0 saturated carbocycles. The van der Waals surface area contributed by atoms with Gasteiger partial charge in [0, 0.05) is 17.5 Å². The van der Waals surface area contributed by atoms with Gasteiger partial charge in [-0.1, -0.05) is 68.4 Å². The number of allylic oxidation sites excluding steroid dienone is 4. The van der Waals surface area contributed by atoms with Gasteiger partial charge >= 0.3 is 0 Å². The maximum Gasteiger partial charge on any atom is 0.251 e. The van der Waals surface area contributed by atoms with E-state index in [4.69, 9.17) is 5.73 Å². The summed E-state index contributed by atoms with van der Waals surface area (Å²) in [6.45, 7) is 6.64. The van der Waals surface area contributed by atoms with Gasteiger partial charge in [-0.15, -0.1) is 0 Å². The molecule has 2 aliphatic rings. The van der Waals surface area contributed by atoms with Crippen LogP contribution >= 0.6 is 0 Å². The molecule has 0 bridgehead atoms. The van der Waals surface area contributed by atoms with Crippen LogP contribution in [0.25, 0.3) is 0 Å². The fraction of sp³-hybridized carbons (Fsp3) is 0.500. The van der Waals surface area contributed by atoms with Gasteiger partial charge in [0.15, 0.2) is 0 Å². The summed E-state index contributed by atoms with van der Waals surface area (Å²) in [5.41, 5.74) is 9.34. The minimum absolute atomic E-state index is 0.0125. The minimum Gasteiger partial charge on any atom is -0.346 e. The van der Waals surface area contributed by atoms with E-state index in [1.807, 2.05) is 18.2 Å². The summed E-state index contributed by atoms with van der Waals surface area (Å²) >= 11 is 0. The summed E-state index contributed by atoms with van der Waals surface area (Å²) in [6, 6.07) is 0.103. The number of nitrogens with two attached hydrogens (primary N) is 1. The van der Waals surface area contributed by atoms with Gasteiger partial charge in [-0.05, 0) is 38.2 Å². The average Bonchev–Trinajstić information content (AvgIpc) is 2.62. The molecule has 0 heterocycles. The van der Waals surface area contributed by atoms with Crippen molar-refractivity contribution in [2.75, 3.05) is 0 Å². The van der Waals surface area contributed by atoms with Crippen molar-refractivity contribution in [2.45, 2.75) is 65.0 Å². The Morgan fingerprint density at radius 3 is 2.64 bits per heavy atom. The number of rotatable bonds is 7. The zero-order valence-electron chi connectivity index (χ0n) is 15.8. The lowest BCUT2D eigenvalue weighted by atomic mass is 9.87. The van der Waals surface area contributed by atoms with Gasteiger partial charge in [0.25, 0.3) is 5.91 Å². The highest BCUT2D eigenvalue weighted by Gasteiger charge is 2.18. The van der Waals surface area contributed by atoms with Crippen LogP contribution in [-0.2, 0) is 4.79 Å². The lowest BCUT2D eigenvalue weighted by molar-refractivity contribution is -0.117. The Morgan fingerprint density at radius 2 is 2.08 bits per heavy atom. The Balaban J connectivity index is 1.94. The molecule has 0 aromatic heterocycles. The van der Waals surface area contributed by atoms with Crippen LogP contribution in [0, 0.1) is 5.92 Å². The molecule has 3 unspecified atom stereocenters. The molecule has 0 spiro atoms. The fourth-order valence-corrected chi connectivity index (χ4v) is 3.19. The Labute approximate surface area is 152 Å². The van der Waals surface area contributed by atoms with Gasteiger partial charge in [-0.3, -0.25) is 4.79 Å². The smallest absolute Gasteiger partial charge is 0.251 e. The van der Waals surface area contributed by atoms with Crippen molar-refractivity contribution in [3.8, 4) is 0 Å². The van der Waals surface area contributed by atoms with E-state index in [1.165, 1.54) is 24.0 Å². The quantitative estimate of drug-likeness (QED) is 0.677. The van der Waals surface area contributed by atoms with Crippen molar-refractivity contribution < 1.29 is 4.79 Å². The second-order valence-corrected chi connectivity index (χ2v) is 7.06. The zero-order valence-corrected chi connectivity index (χ0v) is 15.8. The second-order valence-electron chi connectivity index (χ2n) is 7.06. The molecule has 0 aromatic rings. The SMILES string of the molecule is CCCC(/C=C(/C)CC)C1=CCC(NC(=O)C2=CCC(N)C=C2)C=C1. The monoisotopic (exact) mass is 340 g/mol. The van der Waals surface area contributed by atoms with Crippen molar-refractivity contribution in [3.05, 3.63) is 59.3 Å². The van der Waals surface area contributed by atoms with Crippen molar-refractivity contribution in [2.24, 2.45) is 11.7 Å². The van der Waals surface area contributed by atoms with Crippen molar-refractivity contribution >= 4 is 5.91 Å². The van der Waals surface area contributed by atoms with Crippen molar-refractivity contribution in [1.29, 1.82) is 0 Å². The van der Waals surface area contributed by atoms with Crippen LogP contribution in [0.4, 0.5) is 0 Å². The number of hydrogen-bond acceptors (Lipinski definition) is 2. The van der Waals surface area contributed by atoms with Crippen LogP contribution in [0.1, 0.15) is 52.9 Å². The molecule has 0 saturated heterocycles. The fourth-order valence-electron chi connectivity index (χ4n) is 3.19. The number of carbonyl (C=O) groups excluding carboxylic acids is 1. The van der Waals surface area contributed by atoms with E-state index in [9.17, 15) is 4.79 Å². The molecular formula is C22H32N2O. The van der Waals surface area contributed by atoms with E-state index >= 15 is 0 Å². The molecule has 0 radical (unpaired) electrons. The van der Waals surface area contributed by atoms with Crippen LogP contribution in [0.5, 0.6) is 0 Å². The lowest BCUT2D eigenvalue weighted by Crippen LogP contribution is -2.35. The summed E-state index contributed by atoms with van der Waals surface area (Å²) < 4.78 is 0. The van der Waals surface area contributed by atoms with Crippen LogP contribution in [-0.4, -0.2) is 18.0 Å². The molecule has 0 fully saturated rings. The average molecular weight is 341 g/mol. The molecule has 0 aliphatic heterocycles. The van der Waals surface area contributed by atoms with Gasteiger partial charge in [0.05, 0.1) is 6.04 Å². The zero-order chi connectivity index (χ0) is 18.2. The lowest BCUT2D eigenvalue weighted by Gasteiger charge is -2.22. The summed E-state index contributed by atoms with van der Waals surface area (Å²) in [6.07, 6.45) is 19.7. The first-order valence-corrected chi connectivity index (χ1v) is 9.53. The third kappa shape index (κ3) is 5.86. The molecule has 2 aliphatic carbocycles. The molecule has 3 atom stereocenters. The molecule has 3 heteroatoms. The molecule has 3 N–H and O–H groups in total. The van der Waals surface area contributed by atoms with E-state index in [-0.39, 0.29) is 18.0 Å². The highest BCUT2D eigenvalue weighted by Crippen LogP contribution is 2.26. The minimum atomic E-state index is -0.0125. The summed E-state index contributed by atoms with van der Waals surface area (Å²) in [4.78, 5) is 12.3. The number of hydrogen-bond donors (Lipinski definition) is 2. The van der Waals surface area contributed by atoms with Crippen LogP contribution in [0.2, 0.25) is 0 Å². The molecule has 2 rings (SSSR count). The predicted molar refractivity (Wildman–Crippen MR) is 106 cm³/mol. The maximum atomic E-state index is 12.3. The topological polar surface area (TPSA) is 55.1 Å². The molecule has 25 heavy (non-hydrogen) atoms. The highest BCUT2D eigenvalue weighted by atomic mass is 16.1. The number of amides is 1. The largest absolute Gasteiger partial charge is 0.346 e. The summed E-state index contributed by atoms with van der Waals surface area (Å²) in [5.74, 6) is 0.477. The summed E-state index contributed by atoms with van der Waals surface area (Å²) in [5, 5.41) is 3.10. The van der Waals surface area contributed by atoms with Crippen LogP contribution in [0.15, 0.2) is 59.3 Å². The van der Waals surface area contributed by atoms with Gasteiger partial charge < -0.3 is 11.1 Å². The first kappa shape index (κ1) is 19.5. The second kappa shape index (κ2) is 9.57. The first-order valence-electron chi connectivity index (χ1n) is 9.53. The maximum absolute atomic E-state index is 12.3. The number of nitrogens with one attached hydrogen (secondary N) is 1. The van der Waals surface area contributed by atoms with Gasteiger partial charge in [0.1, 0.15) is 0 Å². The van der Waals surface area contributed by atoms with Gasteiger partial charge in [-0.25, -0.2) is 0 Å². The third-order valence-corrected chi connectivity index (χ3v) is 4.91. The molecular weight excluding hydrogens is 308 g/mol. The standard InChI is InChI=1S/C22H32N2O/c1-4-6-19(15-16(3)5-2)17-9-13-21(14-10-17)24-22(25)18-7-11-20(23)12-8-18/h7-11,13,15,19-21H,4-6,12,14,23H2,1-3H3,(H,24,25)/b16-15-. The highest BCUT2D eigenvalue weighted by molar-refractivity contribution is 5.96. The molecule has 3 nitrogen and oxygen atoms in total. The van der Waals surface area contributed by atoms with Crippen LogP contribution in [0.3, 0.4) is 0 Å². The van der Waals surface area contributed by atoms with Gasteiger partial charge in [0.2, 0.25) is 0 Å². The Hall–Kier alpha value is -1.87. The van der Waals surface area contributed by atoms with Crippen molar-refractivity contribution in [1.82, 2.24) is 5.32 Å². The van der Waals surface area contributed by atoms with E-state index in [2.05, 4.69) is 50.4 Å². The van der Waals surface area contributed by atoms with E-state index < -0.39 is 0 Å².